The minimum atomic E-state index is -3.61. The van der Waals surface area contributed by atoms with E-state index in [1.165, 1.54) is 31.3 Å². The number of hydrogen-bond donors (Lipinski definition) is 3. The second kappa shape index (κ2) is 11.4. The molecule has 0 saturated heterocycles. The molecule has 0 radical (unpaired) electrons. The second-order valence-corrected chi connectivity index (χ2v) is 10.5. The molecule has 196 valence electrons. The molecule has 0 aliphatic heterocycles. The highest BCUT2D eigenvalue weighted by molar-refractivity contribution is 7.91. The van der Waals surface area contributed by atoms with E-state index in [1.54, 1.807) is 49.6 Å². The molecule has 1 heterocycles. The van der Waals surface area contributed by atoms with Crippen molar-refractivity contribution in [3.8, 4) is 5.75 Å². The Morgan fingerprint density at radius 3 is 2.45 bits per heavy atom. The number of nitrogens with one attached hydrogen (secondary N) is 3. The lowest BCUT2D eigenvalue weighted by Gasteiger charge is -2.16. The quantitative estimate of drug-likeness (QED) is 0.236. The molecular weight excluding hydrogens is 533 g/mol. The van der Waals surface area contributed by atoms with Gasteiger partial charge < -0.3 is 20.7 Å². The number of anilines is 5. The lowest BCUT2D eigenvalue weighted by Crippen LogP contribution is -2.17. The number of rotatable bonds is 9. The van der Waals surface area contributed by atoms with Crippen LogP contribution in [0.25, 0.3) is 0 Å². The van der Waals surface area contributed by atoms with Crippen molar-refractivity contribution >= 4 is 56.2 Å². The summed E-state index contributed by atoms with van der Waals surface area (Å²) in [5, 5.41) is 8.41. The first kappa shape index (κ1) is 26.8. The second-order valence-electron chi connectivity index (χ2n) is 7.88. The number of carbonyl (C=O) groups excluding carboxylic acids is 1. The first-order valence-corrected chi connectivity index (χ1v) is 13.4. The van der Waals surface area contributed by atoms with Gasteiger partial charge in [-0.15, -0.1) is 0 Å². The molecule has 12 heteroatoms. The summed E-state index contributed by atoms with van der Waals surface area (Å²) in [6.45, 7) is 1.53. The predicted octanol–water partition coefficient (Wildman–Crippen LogP) is 5.81. The van der Waals surface area contributed by atoms with Crippen molar-refractivity contribution in [2.45, 2.75) is 11.8 Å². The zero-order valence-corrected chi connectivity index (χ0v) is 21.9. The van der Waals surface area contributed by atoms with Gasteiger partial charge in [0.25, 0.3) is 5.91 Å². The highest BCUT2D eigenvalue weighted by Gasteiger charge is 2.21. The van der Waals surface area contributed by atoms with E-state index < -0.39 is 21.6 Å². The zero-order chi connectivity index (χ0) is 27.3. The molecule has 9 nitrogen and oxygen atoms in total. The summed E-state index contributed by atoms with van der Waals surface area (Å²) < 4.78 is 44.8. The maximum Gasteiger partial charge on any atom is 0.261 e. The van der Waals surface area contributed by atoms with E-state index in [-0.39, 0.29) is 44.4 Å². The minimum Gasteiger partial charge on any atom is -0.497 e. The van der Waals surface area contributed by atoms with Crippen LogP contribution in [-0.4, -0.2) is 37.2 Å². The van der Waals surface area contributed by atoms with E-state index >= 15 is 0 Å². The highest BCUT2D eigenvalue weighted by atomic mass is 35.5. The third kappa shape index (κ3) is 6.01. The molecule has 0 aliphatic carbocycles. The molecule has 3 N–H and O–H groups in total. The fraction of sp³-hybridized carbons (Fsp3) is 0.115. The largest absolute Gasteiger partial charge is 0.497 e. The van der Waals surface area contributed by atoms with Crippen molar-refractivity contribution in [2.75, 3.05) is 28.8 Å². The topological polar surface area (TPSA) is 122 Å². The van der Waals surface area contributed by atoms with Crippen molar-refractivity contribution < 1.29 is 22.3 Å². The summed E-state index contributed by atoms with van der Waals surface area (Å²) >= 11 is 6.07. The van der Waals surface area contributed by atoms with Gasteiger partial charge >= 0.3 is 0 Å². The molecule has 0 fully saturated rings. The summed E-state index contributed by atoms with van der Waals surface area (Å²) in [5.74, 6) is -0.844. The molecule has 0 spiro atoms. The predicted molar refractivity (Wildman–Crippen MR) is 145 cm³/mol. The fourth-order valence-corrected chi connectivity index (χ4v) is 4.69. The zero-order valence-electron chi connectivity index (χ0n) is 20.3. The van der Waals surface area contributed by atoms with Gasteiger partial charge in [0.2, 0.25) is 5.95 Å². The number of ether oxygens (including phenoxy) is 1. The number of para-hydroxylation sites is 2. The van der Waals surface area contributed by atoms with Crippen LogP contribution in [0.1, 0.15) is 17.3 Å². The molecule has 0 bridgehead atoms. The van der Waals surface area contributed by atoms with Crippen molar-refractivity contribution in [2.24, 2.45) is 0 Å². The summed E-state index contributed by atoms with van der Waals surface area (Å²) in [6, 6.07) is 17.2. The van der Waals surface area contributed by atoms with Gasteiger partial charge in [-0.25, -0.2) is 17.8 Å². The van der Waals surface area contributed by atoms with E-state index in [0.717, 1.165) is 6.07 Å². The first-order chi connectivity index (χ1) is 18.2. The average Bonchev–Trinajstić information content (AvgIpc) is 2.91. The van der Waals surface area contributed by atoms with Gasteiger partial charge in [-0.3, -0.25) is 4.79 Å². The van der Waals surface area contributed by atoms with Gasteiger partial charge in [0.15, 0.2) is 9.84 Å². The third-order valence-electron chi connectivity index (χ3n) is 5.44. The average molecular weight is 556 g/mol. The molecule has 4 rings (SSSR count). The monoisotopic (exact) mass is 555 g/mol. The maximum absolute atomic E-state index is 14.3. The molecule has 1 aromatic heterocycles. The van der Waals surface area contributed by atoms with Crippen LogP contribution in [0.4, 0.5) is 33.2 Å². The normalized spacial score (nSPS) is 11.1. The Balaban J connectivity index is 1.75. The first-order valence-electron chi connectivity index (χ1n) is 11.3. The Morgan fingerprint density at radius 1 is 1.03 bits per heavy atom. The van der Waals surface area contributed by atoms with Crippen LogP contribution >= 0.6 is 11.6 Å². The van der Waals surface area contributed by atoms with E-state index in [9.17, 15) is 17.6 Å². The van der Waals surface area contributed by atoms with E-state index in [4.69, 9.17) is 16.3 Å². The van der Waals surface area contributed by atoms with Gasteiger partial charge in [-0.1, -0.05) is 36.7 Å². The number of halogens is 2. The molecule has 1 amide bonds. The molecule has 0 atom stereocenters. The Kier molecular flexibility index (Phi) is 8.08. The Morgan fingerprint density at radius 2 is 1.76 bits per heavy atom. The maximum atomic E-state index is 14.3. The summed E-state index contributed by atoms with van der Waals surface area (Å²) in [6.07, 6.45) is 1.24. The molecule has 4 aromatic rings. The van der Waals surface area contributed by atoms with Gasteiger partial charge in [-0.05, 0) is 48.5 Å². The number of sulfone groups is 1. The van der Waals surface area contributed by atoms with Gasteiger partial charge in [-0.2, -0.15) is 4.98 Å². The number of amides is 1. The van der Waals surface area contributed by atoms with Crippen molar-refractivity contribution in [3.05, 3.63) is 89.3 Å². The Labute approximate surface area is 224 Å². The van der Waals surface area contributed by atoms with Crippen LogP contribution in [-0.2, 0) is 9.84 Å². The smallest absolute Gasteiger partial charge is 0.261 e. The molecule has 0 unspecified atom stereocenters. The van der Waals surface area contributed by atoms with Crippen LogP contribution in [0.15, 0.2) is 77.8 Å². The van der Waals surface area contributed by atoms with E-state index in [0.29, 0.717) is 11.4 Å². The SMILES string of the molecule is CCS(=O)(=O)c1ccccc1Nc1nc(Nc2ccc(OC)cc2)ncc1C(=O)Nc1c(F)cccc1Cl. The minimum absolute atomic E-state index is 0.00551. The van der Waals surface area contributed by atoms with Crippen molar-refractivity contribution in [1.29, 1.82) is 0 Å². The summed E-state index contributed by atoms with van der Waals surface area (Å²) in [7, 11) is -2.05. The third-order valence-corrected chi connectivity index (χ3v) is 7.54. The Bertz CT molecular complexity index is 1560. The van der Waals surface area contributed by atoms with E-state index in [2.05, 4.69) is 25.9 Å². The van der Waals surface area contributed by atoms with Crippen molar-refractivity contribution in [3.63, 3.8) is 0 Å². The Hall–Kier alpha value is -4.22. The molecule has 0 aliphatic rings. The summed E-state index contributed by atoms with van der Waals surface area (Å²) in [4.78, 5) is 21.9. The van der Waals surface area contributed by atoms with Crippen molar-refractivity contribution in [1.82, 2.24) is 9.97 Å². The van der Waals surface area contributed by atoms with Gasteiger partial charge in [0, 0.05) is 11.9 Å². The molecule has 3 aromatic carbocycles. The van der Waals surface area contributed by atoms with Crippen LogP contribution < -0.4 is 20.7 Å². The lowest BCUT2D eigenvalue weighted by atomic mass is 10.2. The lowest BCUT2D eigenvalue weighted by molar-refractivity contribution is 0.102. The van der Waals surface area contributed by atoms with Crippen LogP contribution in [0.5, 0.6) is 5.75 Å². The number of nitrogens with zero attached hydrogens (tertiary/aromatic N) is 2. The molecule has 0 saturated carbocycles. The summed E-state index contributed by atoms with van der Waals surface area (Å²) in [5.41, 5.74) is 0.565. The van der Waals surface area contributed by atoms with Gasteiger partial charge in [0.05, 0.1) is 34.2 Å². The molecular formula is C26H23ClFN5O4S. The van der Waals surface area contributed by atoms with Crippen LogP contribution in [0.2, 0.25) is 5.02 Å². The standard InChI is InChI=1S/C26H23ClFN5O4S/c1-3-38(35,36)22-10-5-4-9-21(22)31-24-18(25(34)32-23-19(27)7-6-8-20(23)28)15-29-26(33-24)30-16-11-13-17(37-2)14-12-16/h4-15H,3H2,1-2H3,(H,32,34)(H2,29,30,31,33). The van der Waals surface area contributed by atoms with Crippen LogP contribution in [0, 0.1) is 5.82 Å². The number of aromatic nitrogens is 2. The number of benzene rings is 3. The number of carbonyl (C=O) groups is 1. The van der Waals surface area contributed by atoms with Crippen LogP contribution in [0.3, 0.4) is 0 Å². The fourth-order valence-electron chi connectivity index (χ4n) is 3.43. The highest BCUT2D eigenvalue weighted by Crippen LogP contribution is 2.30. The molecule has 38 heavy (non-hydrogen) atoms. The number of methoxy groups -OCH3 is 1. The number of hydrogen-bond acceptors (Lipinski definition) is 8. The van der Waals surface area contributed by atoms with Gasteiger partial charge in [0.1, 0.15) is 22.9 Å². The van der Waals surface area contributed by atoms with E-state index in [1.807, 2.05) is 0 Å².